The second-order valence-corrected chi connectivity index (χ2v) is 5.59. The predicted octanol–water partition coefficient (Wildman–Crippen LogP) is 5.26. The molecule has 0 aromatic heterocycles. The van der Waals surface area contributed by atoms with Gasteiger partial charge in [0.1, 0.15) is 0 Å². The lowest BCUT2D eigenvalue weighted by Crippen LogP contribution is -2.20. The van der Waals surface area contributed by atoms with Crippen LogP contribution in [-0.4, -0.2) is 11.1 Å². The molecule has 2 heteroatoms. The fourth-order valence-electron chi connectivity index (χ4n) is 2.51. The highest BCUT2D eigenvalue weighted by atomic mass is 16.4. The van der Waals surface area contributed by atoms with Crippen LogP contribution in [0.5, 0.6) is 0 Å². The molecule has 0 bridgehead atoms. The van der Waals surface area contributed by atoms with Crippen LogP contribution >= 0.6 is 0 Å². The molecule has 0 aliphatic heterocycles. The molecule has 0 aromatic rings. The van der Waals surface area contributed by atoms with E-state index in [1.165, 1.54) is 51.4 Å². The Hall–Kier alpha value is -0.530. The van der Waals surface area contributed by atoms with Crippen LogP contribution in [0, 0.1) is 11.8 Å². The van der Waals surface area contributed by atoms with Gasteiger partial charge in [-0.1, -0.05) is 72.1 Å². The third kappa shape index (κ3) is 8.54. The number of unbranched alkanes of at least 4 members (excludes halogenated alkanes) is 6. The highest BCUT2D eigenvalue weighted by molar-refractivity contribution is 5.69. The maximum atomic E-state index is 11.1. The van der Waals surface area contributed by atoms with Gasteiger partial charge in [-0.25, -0.2) is 0 Å². The summed E-state index contributed by atoms with van der Waals surface area (Å²) >= 11 is 0. The van der Waals surface area contributed by atoms with E-state index in [-0.39, 0.29) is 5.92 Å². The maximum Gasteiger partial charge on any atom is 0.306 e. The Labute approximate surface area is 113 Å². The molecule has 1 atom stereocenters. The van der Waals surface area contributed by atoms with Crippen molar-refractivity contribution in [3.8, 4) is 0 Å². The van der Waals surface area contributed by atoms with E-state index in [0.29, 0.717) is 5.92 Å². The quantitative estimate of drug-likeness (QED) is 0.483. The lowest BCUT2D eigenvalue weighted by Gasteiger charge is -2.20. The lowest BCUT2D eigenvalue weighted by molar-refractivity contribution is -0.143. The Balaban J connectivity index is 3.96. The van der Waals surface area contributed by atoms with Gasteiger partial charge in [0.05, 0.1) is 5.92 Å². The molecule has 0 aliphatic carbocycles. The first-order valence-corrected chi connectivity index (χ1v) is 7.86. The van der Waals surface area contributed by atoms with Crippen molar-refractivity contribution in [3.63, 3.8) is 0 Å². The first-order chi connectivity index (χ1) is 8.63. The molecular weight excluding hydrogens is 224 g/mol. The molecule has 18 heavy (non-hydrogen) atoms. The van der Waals surface area contributed by atoms with Gasteiger partial charge >= 0.3 is 5.97 Å². The third-order valence-electron chi connectivity index (χ3n) is 3.95. The lowest BCUT2D eigenvalue weighted by atomic mass is 9.84. The third-order valence-corrected chi connectivity index (χ3v) is 3.95. The number of aliphatic carboxylic acids is 1. The maximum absolute atomic E-state index is 11.1. The van der Waals surface area contributed by atoms with Crippen molar-refractivity contribution in [2.75, 3.05) is 0 Å². The van der Waals surface area contributed by atoms with Crippen LogP contribution in [0.1, 0.15) is 85.0 Å². The van der Waals surface area contributed by atoms with Gasteiger partial charge in [0.15, 0.2) is 0 Å². The van der Waals surface area contributed by atoms with Gasteiger partial charge in [0.2, 0.25) is 0 Å². The minimum absolute atomic E-state index is 0.173. The molecule has 0 amide bonds. The smallest absolute Gasteiger partial charge is 0.306 e. The van der Waals surface area contributed by atoms with E-state index in [1.807, 2.05) is 6.92 Å². The summed E-state index contributed by atoms with van der Waals surface area (Å²) in [5, 5.41) is 9.16. The number of carboxylic acids is 1. The number of carbonyl (C=O) groups is 1. The molecule has 0 saturated heterocycles. The van der Waals surface area contributed by atoms with Crippen LogP contribution in [-0.2, 0) is 4.79 Å². The monoisotopic (exact) mass is 256 g/mol. The summed E-state index contributed by atoms with van der Waals surface area (Å²) < 4.78 is 0. The van der Waals surface area contributed by atoms with Gasteiger partial charge in [-0.15, -0.1) is 0 Å². The molecule has 1 unspecified atom stereocenters. The molecule has 0 rings (SSSR count). The summed E-state index contributed by atoms with van der Waals surface area (Å²) in [5.41, 5.74) is 0. The van der Waals surface area contributed by atoms with E-state index in [4.69, 9.17) is 5.11 Å². The van der Waals surface area contributed by atoms with Crippen LogP contribution in [0.3, 0.4) is 0 Å². The summed E-state index contributed by atoms with van der Waals surface area (Å²) in [4.78, 5) is 11.1. The highest BCUT2D eigenvalue weighted by Crippen LogP contribution is 2.25. The zero-order chi connectivity index (χ0) is 13.8. The van der Waals surface area contributed by atoms with E-state index in [9.17, 15) is 4.79 Å². The van der Waals surface area contributed by atoms with E-state index < -0.39 is 5.97 Å². The van der Waals surface area contributed by atoms with Crippen LogP contribution in [0.2, 0.25) is 0 Å². The van der Waals surface area contributed by atoms with E-state index in [1.54, 1.807) is 0 Å². The molecule has 0 aliphatic rings. The zero-order valence-corrected chi connectivity index (χ0v) is 12.6. The standard InChI is InChI=1S/C16H32O2/c1-4-6-8-10-12-15(14(3)16(17)18)13-11-9-7-5-2/h14-15H,4-13H2,1-3H3,(H,17,18). The van der Waals surface area contributed by atoms with Crippen molar-refractivity contribution >= 4 is 5.97 Å². The highest BCUT2D eigenvalue weighted by Gasteiger charge is 2.22. The molecular formula is C16H32O2. The Morgan fingerprint density at radius 2 is 1.33 bits per heavy atom. The second kappa shape index (κ2) is 11.6. The molecule has 2 nitrogen and oxygen atoms in total. The summed E-state index contributed by atoms with van der Waals surface area (Å²) in [6.45, 7) is 6.30. The topological polar surface area (TPSA) is 37.3 Å². The van der Waals surface area contributed by atoms with Crippen LogP contribution in [0.25, 0.3) is 0 Å². The molecule has 108 valence electrons. The summed E-state index contributed by atoms with van der Waals surface area (Å²) in [6, 6.07) is 0. The number of rotatable bonds is 12. The summed E-state index contributed by atoms with van der Waals surface area (Å²) in [5.74, 6) is -0.407. The Morgan fingerprint density at radius 3 is 1.67 bits per heavy atom. The van der Waals surface area contributed by atoms with Crippen molar-refractivity contribution in [1.82, 2.24) is 0 Å². The average Bonchev–Trinajstić information content (AvgIpc) is 2.36. The SMILES string of the molecule is CCCCCCC(CCCCCC)C(C)C(=O)O. The zero-order valence-electron chi connectivity index (χ0n) is 12.6. The average molecular weight is 256 g/mol. The largest absolute Gasteiger partial charge is 0.481 e. The summed E-state index contributed by atoms with van der Waals surface area (Å²) in [7, 11) is 0. The van der Waals surface area contributed by atoms with Crippen molar-refractivity contribution < 1.29 is 9.90 Å². The van der Waals surface area contributed by atoms with Crippen molar-refractivity contribution in [2.45, 2.75) is 85.0 Å². The van der Waals surface area contributed by atoms with E-state index >= 15 is 0 Å². The van der Waals surface area contributed by atoms with Crippen LogP contribution < -0.4 is 0 Å². The van der Waals surface area contributed by atoms with E-state index in [0.717, 1.165) is 12.8 Å². The first kappa shape index (κ1) is 17.5. The Morgan fingerprint density at radius 1 is 0.889 bits per heavy atom. The van der Waals surface area contributed by atoms with Crippen LogP contribution in [0.4, 0.5) is 0 Å². The molecule has 0 aromatic carbocycles. The Kier molecular flexibility index (Phi) is 11.2. The second-order valence-electron chi connectivity index (χ2n) is 5.59. The molecule has 0 saturated carbocycles. The van der Waals surface area contributed by atoms with Gasteiger partial charge in [-0.3, -0.25) is 4.79 Å². The Bertz CT molecular complexity index is 189. The fraction of sp³-hybridized carbons (Fsp3) is 0.938. The van der Waals surface area contributed by atoms with Gasteiger partial charge in [0.25, 0.3) is 0 Å². The van der Waals surface area contributed by atoms with Crippen molar-refractivity contribution in [2.24, 2.45) is 11.8 Å². The number of hydrogen-bond donors (Lipinski definition) is 1. The molecule has 0 radical (unpaired) electrons. The van der Waals surface area contributed by atoms with Crippen molar-refractivity contribution in [3.05, 3.63) is 0 Å². The predicted molar refractivity (Wildman–Crippen MR) is 77.8 cm³/mol. The van der Waals surface area contributed by atoms with Gasteiger partial charge in [-0.05, 0) is 18.8 Å². The minimum Gasteiger partial charge on any atom is -0.481 e. The van der Waals surface area contributed by atoms with Crippen LogP contribution in [0.15, 0.2) is 0 Å². The van der Waals surface area contributed by atoms with Gasteiger partial charge < -0.3 is 5.11 Å². The first-order valence-electron chi connectivity index (χ1n) is 7.86. The van der Waals surface area contributed by atoms with Gasteiger partial charge in [0, 0.05) is 0 Å². The molecule has 0 heterocycles. The van der Waals surface area contributed by atoms with Gasteiger partial charge in [-0.2, -0.15) is 0 Å². The minimum atomic E-state index is -0.619. The summed E-state index contributed by atoms with van der Waals surface area (Å²) in [6.07, 6.45) is 12.2. The fourth-order valence-corrected chi connectivity index (χ4v) is 2.51. The molecule has 1 N–H and O–H groups in total. The number of carboxylic acid groups (broad SMARTS) is 1. The molecule has 0 fully saturated rings. The number of hydrogen-bond acceptors (Lipinski definition) is 1. The normalized spacial score (nSPS) is 12.9. The van der Waals surface area contributed by atoms with E-state index in [2.05, 4.69) is 13.8 Å². The molecule has 0 spiro atoms. The van der Waals surface area contributed by atoms with Crippen molar-refractivity contribution in [1.29, 1.82) is 0 Å².